The van der Waals surface area contributed by atoms with Crippen molar-refractivity contribution in [2.45, 2.75) is 52.2 Å². The predicted molar refractivity (Wildman–Crippen MR) is 82.1 cm³/mol. The van der Waals surface area contributed by atoms with Gasteiger partial charge in [-0.2, -0.15) is 0 Å². The van der Waals surface area contributed by atoms with Crippen molar-refractivity contribution in [2.75, 3.05) is 13.2 Å². The maximum absolute atomic E-state index is 10.3. The molecule has 0 amide bonds. The minimum Gasteiger partial charge on any atom is -0.490 e. The molecule has 0 fully saturated rings. The Morgan fingerprint density at radius 1 is 1.45 bits per heavy atom. The topological polar surface area (TPSA) is 41.5 Å². The lowest BCUT2D eigenvalue weighted by Crippen LogP contribution is -2.38. The van der Waals surface area contributed by atoms with E-state index in [4.69, 9.17) is 4.74 Å². The summed E-state index contributed by atoms with van der Waals surface area (Å²) in [5.41, 5.74) is 1.87. The second-order valence-electron chi connectivity index (χ2n) is 6.27. The Kier molecular flexibility index (Phi) is 4.71. The fourth-order valence-corrected chi connectivity index (χ4v) is 2.60. The van der Waals surface area contributed by atoms with Gasteiger partial charge in [0, 0.05) is 6.04 Å². The van der Waals surface area contributed by atoms with Gasteiger partial charge >= 0.3 is 0 Å². The first-order chi connectivity index (χ1) is 9.45. The average molecular weight is 277 g/mol. The van der Waals surface area contributed by atoms with Crippen molar-refractivity contribution >= 4 is 0 Å². The van der Waals surface area contributed by atoms with Crippen LogP contribution in [0.15, 0.2) is 18.2 Å². The predicted octanol–water partition coefficient (Wildman–Crippen LogP) is 3.07. The molecule has 1 aliphatic carbocycles. The highest BCUT2D eigenvalue weighted by molar-refractivity contribution is 5.45. The van der Waals surface area contributed by atoms with E-state index in [0.29, 0.717) is 12.6 Å². The number of aliphatic hydroxyl groups is 1. The zero-order valence-electron chi connectivity index (χ0n) is 13.1. The summed E-state index contributed by atoms with van der Waals surface area (Å²) in [5.74, 6) is 1.11. The van der Waals surface area contributed by atoms with Crippen LogP contribution in [0, 0.1) is 5.92 Å². The SMILES string of the molecule is CCNC1CCc2c(OCC(C)(O)C(C)C)cccc21. The smallest absolute Gasteiger partial charge is 0.122 e. The molecule has 0 bridgehead atoms. The second-order valence-corrected chi connectivity index (χ2v) is 6.27. The van der Waals surface area contributed by atoms with Gasteiger partial charge in [0.2, 0.25) is 0 Å². The second kappa shape index (κ2) is 6.15. The number of benzene rings is 1. The fourth-order valence-electron chi connectivity index (χ4n) is 2.60. The highest BCUT2D eigenvalue weighted by Gasteiger charge is 2.28. The Labute approximate surface area is 122 Å². The van der Waals surface area contributed by atoms with Crippen molar-refractivity contribution < 1.29 is 9.84 Å². The van der Waals surface area contributed by atoms with Gasteiger partial charge in [0.1, 0.15) is 12.4 Å². The zero-order valence-corrected chi connectivity index (χ0v) is 13.1. The summed E-state index contributed by atoms with van der Waals surface area (Å²) < 4.78 is 5.92. The molecular formula is C17H27NO2. The van der Waals surface area contributed by atoms with Gasteiger partial charge in [-0.1, -0.05) is 32.9 Å². The molecule has 0 spiro atoms. The summed E-state index contributed by atoms with van der Waals surface area (Å²) in [6.45, 7) is 9.32. The van der Waals surface area contributed by atoms with Crippen LogP contribution in [0.1, 0.15) is 51.3 Å². The van der Waals surface area contributed by atoms with E-state index in [2.05, 4.69) is 18.3 Å². The van der Waals surface area contributed by atoms with Crippen LogP contribution in [-0.4, -0.2) is 23.9 Å². The lowest BCUT2D eigenvalue weighted by atomic mass is 9.94. The molecule has 1 aromatic carbocycles. The molecule has 0 aromatic heterocycles. The highest BCUT2D eigenvalue weighted by Crippen LogP contribution is 2.37. The van der Waals surface area contributed by atoms with E-state index in [-0.39, 0.29) is 5.92 Å². The molecule has 0 saturated carbocycles. The number of nitrogens with one attached hydrogen (secondary N) is 1. The maximum Gasteiger partial charge on any atom is 0.122 e. The van der Waals surface area contributed by atoms with Crippen LogP contribution in [0.2, 0.25) is 0 Å². The zero-order chi connectivity index (χ0) is 14.8. The van der Waals surface area contributed by atoms with Crippen molar-refractivity contribution in [2.24, 2.45) is 5.92 Å². The number of ether oxygens (including phenoxy) is 1. The highest BCUT2D eigenvalue weighted by atomic mass is 16.5. The van der Waals surface area contributed by atoms with E-state index in [1.807, 2.05) is 32.9 Å². The molecule has 2 unspecified atom stereocenters. The summed E-state index contributed by atoms with van der Waals surface area (Å²) in [5, 5.41) is 13.8. The molecular weight excluding hydrogens is 250 g/mol. The average Bonchev–Trinajstić information content (AvgIpc) is 2.81. The molecule has 0 radical (unpaired) electrons. The standard InChI is InChI=1S/C17H27NO2/c1-5-18-15-10-9-14-13(15)7-6-8-16(14)20-11-17(4,19)12(2)3/h6-8,12,15,18-19H,5,9-11H2,1-4H3. The van der Waals surface area contributed by atoms with E-state index in [1.165, 1.54) is 11.1 Å². The lowest BCUT2D eigenvalue weighted by molar-refractivity contribution is -0.0268. The first-order valence-electron chi connectivity index (χ1n) is 7.66. The summed E-state index contributed by atoms with van der Waals surface area (Å²) in [4.78, 5) is 0. The van der Waals surface area contributed by atoms with E-state index in [9.17, 15) is 5.11 Å². The molecule has 2 N–H and O–H groups in total. The Morgan fingerprint density at radius 3 is 2.85 bits per heavy atom. The van der Waals surface area contributed by atoms with Gasteiger partial charge in [0.15, 0.2) is 0 Å². The van der Waals surface area contributed by atoms with Crippen LogP contribution >= 0.6 is 0 Å². The van der Waals surface area contributed by atoms with E-state index in [1.54, 1.807) is 0 Å². The van der Waals surface area contributed by atoms with Gasteiger partial charge in [-0.3, -0.25) is 0 Å². The third kappa shape index (κ3) is 3.15. The number of hydrogen-bond acceptors (Lipinski definition) is 3. The summed E-state index contributed by atoms with van der Waals surface area (Å²) in [6.07, 6.45) is 2.18. The number of rotatable bonds is 6. The maximum atomic E-state index is 10.3. The molecule has 1 aromatic rings. The molecule has 3 nitrogen and oxygen atoms in total. The summed E-state index contributed by atoms with van der Waals surface area (Å²) in [7, 11) is 0. The summed E-state index contributed by atoms with van der Waals surface area (Å²) in [6, 6.07) is 6.70. The van der Waals surface area contributed by atoms with Crippen molar-refractivity contribution in [3.63, 3.8) is 0 Å². The van der Waals surface area contributed by atoms with E-state index < -0.39 is 5.60 Å². The minimum absolute atomic E-state index is 0.175. The third-order valence-electron chi connectivity index (χ3n) is 4.44. The van der Waals surface area contributed by atoms with E-state index in [0.717, 1.165) is 25.1 Å². The fraction of sp³-hybridized carbons (Fsp3) is 0.647. The number of fused-ring (bicyclic) bond motifs is 1. The minimum atomic E-state index is -0.789. The molecule has 0 heterocycles. The van der Waals surface area contributed by atoms with Gasteiger partial charge in [0.25, 0.3) is 0 Å². The molecule has 2 atom stereocenters. The van der Waals surface area contributed by atoms with Crippen molar-refractivity contribution in [1.29, 1.82) is 0 Å². The monoisotopic (exact) mass is 277 g/mol. The van der Waals surface area contributed by atoms with Gasteiger partial charge in [-0.05, 0) is 49.4 Å². The Morgan fingerprint density at radius 2 is 2.20 bits per heavy atom. The quantitative estimate of drug-likeness (QED) is 0.839. The molecule has 0 aliphatic heterocycles. The van der Waals surface area contributed by atoms with Crippen LogP contribution in [0.5, 0.6) is 5.75 Å². The van der Waals surface area contributed by atoms with Crippen LogP contribution in [-0.2, 0) is 6.42 Å². The van der Waals surface area contributed by atoms with Crippen LogP contribution in [0.25, 0.3) is 0 Å². The van der Waals surface area contributed by atoms with E-state index >= 15 is 0 Å². The van der Waals surface area contributed by atoms with Gasteiger partial charge in [-0.25, -0.2) is 0 Å². The van der Waals surface area contributed by atoms with Crippen LogP contribution in [0.4, 0.5) is 0 Å². The van der Waals surface area contributed by atoms with Gasteiger partial charge < -0.3 is 15.2 Å². The molecule has 3 heteroatoms. The van der Waals surface area contributed by atoms with Gasteiger partial charge in [0.05, 0.1) is 5.60 Å². The Bertz CT molecular complexity index is 454. The molecule has 20 heavy (non-hydrogen) atoms. The molecule has 2 rings (SSSR count). The first-order valence-corrected chi connectivity index (χ1v) is 7.66. The van der Waals surface area contributed by atoms with Crippen LogP contribution < -0.4 is 10.1 Å². The third-order valence-corrected chi connectivity index (χ3v) is 4.44. The van der Waals surface area contributed by atoms with Crippen LogP contribution in [0.3, 0.4) is 0 Å². The van der Waals surface area contributed by atoms with Crippen molar-refractivity contribution in [3.8, 4) is 5.75 Å². The lowest BCUT2D eigenvalue weighted by Gasteiger charge is -2.28. The normalized spacial score (nSPS) is 20.8. The largest absolute Gasteiger partial charge is 0.490 e. The Balaban J connectivity index is 2.11. The molecule has 1 aliphatic rings. The number of hydrogen-bond donors (Lipinski definition) is 2. The molecule has 112 valence electrons. The summed E-state index contributed by atoms with van der Waals surface area (Å²) >= 11 is 0. The molecule has 0 saturated heterocycles. The van der Waals surface area contributed by atoms with Crippen molar-refractivity contribution in [3.05, 3.63) is 29.3 Å². The van der Waals surface area contributed by atoms with Gasteiger partial charge in [-0.15, -0.1) is 0 Å². The van der Waals surface area contributed by atoms with Crippen molar-refractivity contribution in [1.82, 2.24) is 5.32 Å². The Hall–Kier alpha value is -1.06. The first kappa shape index (κ1) is 15.3.